The van der Waals surface area contributed by atoms with Crippen LogP contribution in [-0.4, -0.2) is 35.4 Å². The van der Waals surface area contributed by atoms with Crippen molar-refractivity contribution in [3.63, 3.8) is 0 Å². The van der Waals surface area contributed by atoms with Crippen LogP contribution in [-0.2, 0) is 4.79 Å². The summed E-state index contributed by atoms with van der Waals surface area (Å²) in [7, 11) is 0. The molecule has 2 aliphatic rings. The van der Waals surface area contributed by atoms with Gasteiger partial charge in [0, 0.05) is 18.5 Å². The van der Waals surface area contributed by atoms with Crippen molar-refractivity contribution in [1.29, 1.82) is 0 Å². The van der Waals surface area contributed by atoms with Gasteiger partial charge < -0.3 is 0 Å². The number of hydrazine groups is 1. The van der Waals surface area contributed by atoms with Crippen molar-refractivity contribution in [3.05, 3.63) is 47.7 Å². The Morgan fingerprint density at radius 2 is 1.95 bits per heavy atom. The molecule has 2 aliphatic heterocycles. The summed E-state index contributed by atoms with van der Waals surface area (Å²) in [5.41, 5.74) is 1.74. The van der Waals surface area contributed by atoms with Crippen molar-refractivity contribution in [1.82, 2.24) is 10.0 Å². The molecule has 4 nitrogen and oxygen atoms in total. The van der Waals surface area contributed by atoms with Crippen molar-refractivity contribution in [2.45, 2.75) is 20.3 Å². The molecule has 0 atom stereocenters. The average Bonchev–Trinajstić information content (AvgIpc) is 2.80. The van der Waals surface area contributed by atoms with Gasteiger partial charge in [-0.15, -0.1) is 0 Å². The highest BCUT2D eigenvalue weighted by Gasteiger charge is 2.38. The maximum Gasteiger partial charge on any atom is 0.241 e. The number of hydrogen-bond donors (Lipinski definition) is 0. The molecular weight excluding hydrogens is 274 g/mol. The van der Waals surface area contributed by atoms with Gasteiger partial charge in [0.15, 0.2) is 0 Å². The number of rotatable bonds is 1. The van der Waals surface area contributed by atoms with Crippen LogP contribution in [0.1, 0.15) is 25.8 Å². The normalized spacial score (nSPS) is 19.7. The molecule has 3 rings (SSSR count). The van der Waals surface area contributed by atoms with Crippen LogP contribution in [0.5, 0.6) is 0 Å². The number of amides is 1. The molecule has 1 saturated heterocycles. The summed E-state index contributed by atoms with van der Waals surface area (Å²) >= 11 is 0. The predicted octanol–water partition coefficient (Wildman–Crippen LogP) is 2.44. The first-order valence-electron chi connectivity index (χ1n) is 7.42. The van der Waals surface area contributed by atoms with Crippen LogP contribution >= 0.6 is 0 Å². The van der Waals surface area contributed by atoms with Crippen molar-refractivity contribution in [3.8, 4) is 11.8 Å². The SMILES string of the molecule is CC1(C)CC(=O)N(N2C=NC(C#Cc3ccccc3)=CC2)C1. The van der Waals surface area contributed by atoms with Gasteiger partial charge in [-0.05, 0) is 29.5 Å². The van der Waals surface area contributed by atoms with E-state index < -0.39 is 0 Å². The zero-order chi connectivity index (χ0) is 15.6. The van der Waals surface area contributed by atoms with E-state index in [1.54, 1.807) is 11.3 Å². The van der Waals surface area contributed by atoms with Gasteiger partial charge in [-0.25, -0.2) is 4.99 Å². The molecule has 1 amide bonds. The average molecular weight is 293 g/mol. The number of nitrogens with zero attached hydrogens (tertiary/aromatic N) is 3. The first-order valence-corrected chi connectivity index (χ1v) is 7.42. The zero-order valence-electron chi connectivity index (χ0n) is 12.9. The van der Waals surface area contributed by atoms with Crippen molar-refractivity contribution in [2.75, 3.05) is 13.1 Å². The fourth-order valence-electron chi connectivity index (χ4n) is 2.59. The molecule has 0 radical (unpaired) electrons. The Morgan fingerprint density at radius 1 is 1.18 bits per heavy atom. The third-order valence-electron chi connectivity index (χ3n) is 3.72. The van der Waals surface area contributed by atoms with E-state index in [2.05, 4.69) is 30.7 Å². The number of allylic oxidation sites excluding steroid dienone is 1. The second kappa shape index (κ2) is 5.69. The van der Waals surface area contributed by atoms with Gasteiger partial charge in [-0.2, -0.15) is 0 Å². The van der Waals surface area contributed by atoms with E-state index in [0.717, 1.165) is 17.8 Å². The lowest BCUT2D eigenvalue weighted by atomic mass is 9.93. The molecule has 0 N–H and O–H groups in total. The summed E-state index contributed by atoms with van der Waals surface area (Å²) in [6.45, 7) is 5.58. The standard InChI is InChI=1S/C18H19N3O/c1-18(2)12-17(22)21(13-18)20-11-10-16(19-14-20)9-8-15-6-4-3-5-7-15/h3-7,10,14H,11-13H2,1-2H3. The summed E-state index contributed by atoms with van der Waals surface area (Å²) in [4.78, 5) is 16.4. The molecule has 0 spiro atoms. The van der Waals surface area contributed by atoms with E-state index in [1.165, 1.54) is 0 Å². The Kier molecular flexibility index (Phi) is 3.72. The molecule has 4 heteroatoms. The maximum absolute atomic E-state index is 12.1. The lowest BCUT2D eigenvalue weighted by molar-refractivity contribution is -0.136. The Balaban J connectivity index is 1.65. The van der Waals surface area contributed by atoms with Gasteiger partial charge in [0.05, 0.1) is 6.54 Å². The van der Waals surface area contributed by atoms with Gasteiger partial charge in [0.1, 0.15) is 12.0 Å². The molecule has 112 valence electrons. The molecule has 0 unspecified atom stereocenters. The molecule has 0 bridgehead atoms. The van der Waals surface area contributed by atoms with Crippen LogP contribution < -0.4 is 0 Å². The number of benzene rings is 1. The molecular formula is C18H19N3O. The zero-order valence-corrected chi connectivity index (χ0v) is 12.9. The van der Waals surface area contributed by atoms with Crippen molar-refractivity contribution >= 4 is 12.2 Å². The van der Waals surface area contributed by atoms with Crippen molar-refractivity contribution < 1.29 is 4.79 Å². The first-order chi connectivity index (χ1) is 10.5. The number of aliphatic imine (C=N–C) groups is 1. The number of hydrogen-bond acceptors (Lipinski definition) is 3. The van der Waals surface area contributed by atoms with Crippen LogP contribution in [0.2, 0.25) is 0 Å². The van der Waals surface area contributed by atoms with Gasteiger partial charge >= 0.3 is 0 Å². The Morgan fingerprint density at radius 3 is 2.55 bits per heavy atom. The van der Waals surface area contributed by atoms with Crippen LogP contribution in [0.4, 0.5) is 0 Å². The van der Waals surface area contributed by atoms with Crippen LogP contribution in [0.25, 0.3) is 0 Å². The van der Waals surface area contributed by atoms with E-state index in [1.807, 2.05) is 41.4 Å². The quantitative estimate of drug-likeness (QED) is 0.746. The summed E-state index contributed by atoms with van der Waals surface area (Å²) in [5, 5.41) is 3.65. The van der Waals surface area contributed by atoms with Gasteiger partial charge in [-0.3, -0.25) is 14.8 Å². The lowest BCUT2D eigenvalue weighted by Crippen LogP contribution is -2.44. The molecule has 0 aromatic heterocycles. The molecule has 22 heavy (non-hydrogen) atoms. The highest BCUT2D eigenvalue weighted by atomic mass is 16.2. The van der Waals surface area contributed by atoms with E-state index in [0.29, 0.717) is 13.0 Å². The van der Waals surface area contributed by atoms with E-state index in [-0.39, 0.29) is 11.3 Å². The van der Waals surface area contributed by atoms with E-state index >= 15 is 0 Å². The summed E-state index contributed by atoms with van der Waals surface area (Å²) in [5.74, 6) is 6.31. The fourth-order valence-corrected chi connectivity index (χ4v) is 2.59. The summed E-state index contributed by atoms with van der Waals surface area (Å²) in [6, 6.07) is 9.83. The highest BCUT2D eigenvalue weighted by Crippen LogP contribution is 2.30. The minimum absolute atomic E-state index is 0.0298. The molecule has 1 aromatic rings. The van der Waals surface area contributed by atoms with Crippen molar-refractivity contribution in [2.24, 2.45) is 10.4 Å². The Labute approximate surface area is 131 Å². The monoisotopic (exact) mass is 293 g/mol. The van der Waals surface area contributed by atoms with E-state index in [4.69, 9.17) is 0 Å². The van der Waals surface area contributed by atoms with Gasteiger partial charge in [0.25, 0.3) is 0 Å². The van der Waals surface area contributed by atoms with E-state index in [9.17, 15) is 4.79 Å². The minimum Gasteiger partial charge on any atom is -0.273 e. The molecule has 0 saturated carbocycles. The largest absolute Gasteiger partial charge is 0.273 e. The predicted molar refractivity (Wildman–Crippen MR) is 86.7 cm³/mol. The number of carbonyl (C=O) groups is 1. The third kappa shape index (κ3) is 3.20. The fraction of sp³-hybridized carbons (Fsp3) is 0.333. The smallest absolute Gasteiger partial charge is 0.241 e. The number of carbonyl (C=O) groups excluding carboxylic acids is 1. The third-order valence-corrected chi connectivity index (χ3v) is 3.72. The lowest BCUT2D eigenvalue weighted by Gasteiger charge is -2.31. The first kappa shape index (κ1) is 14.4. The Bertz CT molecular complexity index is 692. The molecule has 1 aromatic carbocycles. The second-order valence-electron chi connectivity index (χ2n) is 6.36. The van der Waals surface area contributed by atoms with Gasteiger partial charge in [0.2, 0.25) is 5.91 Å². The molecule has 1 fully saturated rings. The highest BCUT2D eigenvalue weighted by molar-refractivity contribution is 5.80. The topological polar surface area (TPSA) is 35.9 Å². The molecule has 2 heterocycles. The summed E-state index contributed by atoms with van der Waals surface area (Å²) < 4.78 is 0. The van der Waals surface area contributed by atoms with Crippen LogP contribution in [0.15, 0.2) is 47.1 Å². The second-order valence-corrected chi connectivity index (χ2v) is 6.36. The minimum atomic E-state index is 0.0298. The van der Waals surface area contributed by atoms with Gasteiger partial charge in [-0.1, -0.05) is 38.0 Å². The molecule has 0 aliphatic carbocycles. The van der Waals surface area contributed by atoms with Crippen LogP contribution in [0, 0.1) is 17.3 Å². The summed E-state index contributed by atoms with van der Waals surface area (Å²) in [6.07, 6.45) is 4.24. The van der Waals surface area contributed by atoms with Crippen LogP contribution in [0.3, 0.4) is 0 Å². The maximum atomic E-state index is 12.1. The Hall–Kier alpha value is -2.54.